The maximum atomic E-state index is 10.8. The van der Waals surface area contributed by atoms with Crippen molar-refractivity contribution in [3.8, 4) is 11.5 Å². The molecule has 2 aromatic carbocycles. The monoisotopic (exact) mass is 330 g/mol. The number of non-ortho nitro benzene ring substituents is 2. The molecular weight excluding hydrogens is 320 g/mol. The van der Waals surface area contributed by atoms with Crippen LogP contribution in [-0.2, 0) is 0 Å². The van der Waals surface area contributed by atoms with Gasteiger partial charge in [-0.05, 0) is 12.1 Å². The molecule has 0 saturated carbocycles. The average molecular weight is 330 g/mol. The lowest BCUT2D eigenvalue weighted by Gasteiger charge is -2.18. The van der Waals surface area contributed by atoms with E-state index in [1.54, 1.807) is 12.1 Å². The van der Waals surface area contributed by atoms with Gasteiger partial charge in [-0.25, -0.2) is 0 Å². The van der Waals surface area contributed by atoms with Gasteiger partial charge in [0, 0.05) is 12.1 Å². The molecule has 122 valence electrons. The van der Waals surface area contributed by atoms with Gasteiger partial charge < -0.3 is 20.1 Å². The van der Waals surface area contributed by atoms with Gasteiger partial charge in [0.15, 0.2) is 11.5 Å². The van der Waals surface area contributed by atoms with Gasteiger partial charge in [-0.1, -0.05) is 0 Å². The van der Waals surface area contributed by atoms with E-state index in [0.29, 0.717) is 22.9 Å². The van der Waals surface area contributed by atoms with Gasteiger partial charge in [0.2, 0.25) is 12.5 Å². The van der Waals surface area contributed by atoms with Crippen LogP contribution in [0.5, 0.6) is 11.5 Å². The maximum Gasteiger partial charge on any atom is 0.273 e. The molecule has 2 aromatic rings. The number of nitrogens with one attached hydrogen (secondary N) is 2. The standard InChI is InChI=1S/C14H10N4O6/c19-17(20)7-1-3-9-11(5-7)23-13(15-9)14-16-10-4-2-8(18(21)22)6-12(10)24-14/h1-6,13-16H. The van der Waals surface area contributed by atoms with Crippen LogP contribution >= 0.6 is 0 Å². The summed E-state index contributed by atoms with van der Waals surface area (Å²) in [5.74, 6) is 0.697. The van der Waals surface area contributed by atoms with Crippen LogP contribution in [0.15, 0.2) is 36.4 Å². The number of hydrogen-bond donors (Lipinski definition) is 2. The molecule has 2 aliphatic heterocycles. The molecule has 2 atom stereocenters. The summed E-state index contributed by atoms with van der Waals surface area (Å²) in [6, 6.07) is 8.52. The Labute approximate surface area is 134 Å². The quantitative estimate of drug-likeness (QED) is 0.648. The topological polar surface area (TPSA) is 129 Å². The fraction of sp³-hybridized carbons (Fsp3) is 0.143. The molecule has 2 aliphatic rings. The summed E-state index contributed by atoms with van der Waals surface area (Å²) in [5.41, 5.74) is 1.07. The van der Waals surface area contributed by atoms with Crippen LogP contribution in [0, 0.1) is 20.2 Å². The van der Waals surface area contributed by atoms with Crippen molar-refractivity contribution in [2.75, 3.05) is 10.6 Å². The van der Waals surface area contributed by atoms with Crippen molar-refractivity contribution in [1.29, 1.82) is 0 Å². The van der Waals surface area contributed by atoms with Crippen LogP contribution in [0.25, 0.3) is 0 Å². The van der Waals surface area contributed by atoms with Crippen molar-refractivity contribution in [2.24, 2.45) is 0 Å². The smallest absolute Gasteiger partial charge is 0.273 e. The predicted molar refractivity (Wildman–Crippen MR) is 82.3 cm³/mol. The summed E-state index contributed by atoms with van der Waals surface area (Å²) in [6.45, 7) is 0. The van der Waals surface area contributed by atoms with Gasteiger partial charge >= 0.3 is 0 Å². The maximum absolute atomic E-state index is 10.8. The molecule has 2 unspecified atom stereocenters. The van der Waals surface area contributed by atoms with Crippen LogP contribution in [0.3, 0.4) is 0 Å². The summed E-state index contributed by atoms with van der Waals surface area (Å²) >= 11 is 0. The third-order valence-electron chi connectivity index (χ3n) is 3.73. The van der Waals surface area contributed by atoms with E-state index in [2.05, 4.69) is 10.6 Å². The fourth-order valence-corrected chi connectivity index (χ4v) is 2.60. The number of hydrogen-bond acceptors (Lipinski definition) is 8. The molecule has 0 spiro atoms. The van der Waals surface area contributed by atoms with Crippen molar-refractivity contribution in [1.82, 2.24) is 0 Å². The minimum atomic E-state index is -0.631. The first-order valence-corrected chi connectivity index (χ1v) is 6.94. The molecule has 2 heterocycles. The average Bonchev–Trinajstić information content (AvgIpc) is 3.16. The van der Waals surface area contributed by atoms with Crippen LogP contribution in [-0.4, -0.2) is 22.3 Å². The summed E-state index contributed by atoms with van der Waals surface area (Å²) in [7, 11) is 0. The zero-order valence-electron chi connectivity index (χ0n) is 12.0. The van der Waals surface area contributed by atoms with Gasteiger partial charge in [-0.3, -0.25) is 20.2 Å². The summed E-state index contributed by atoms with van der Waals surface area (Å²) in [6.07, 6.45) is -1.26. The van der Waals surface area contributed by atoms with E-state index >= 15 is 0 Å². The number of nitro benzene ring substituents is 2. The lowest BCUT2D eigenvalue weighted by Crippen LogP contribution is -2.41. The molecule has 0 bridgehead atoms. The molecule has 0 aliphatic carbocycles. The largest absolute Gasteiger partial charge is 0.462 e. The highest BCUT2D eigenvalue weighted by molar-refractivity contribution is 5.67. The highest BCUT2D eigenvalue weighted by atomic mass is 16.6. The number of rotatable bonds is 3. The van der Waals surface area contributed by atoms with Gasteiger partial charge in [0.05, 0.1) is 33.4 Å². The van der Waals surface area contributed by atoms with E-state index in [4.69, 9.17) is 9.47 Å². The zero-order valence-corrected chi connectivity index (χ0v) is 12.0. The molecule has 4 rings (SSSR count). The van der Waals surface area contributed by atoms with Crippen molar-refractivity contribution in [3.05, 3.63) is 56.6 Å². The Morgan fingerprint density at radius 3 is 1.58 bits per heavy atom. The second kappa shape index (κ2) is 4.98. The first kappa shape index (κ1) is 14.1. The number of anilines is 2. The predicted octanol–water partition coefficient (Wildman–Crippen LogP) is 2.46. The first-order valence-electron chi connectivity index (χ1n) is 6.94. The van der Waals surface area contributed by atoms with Crippen LogP contribution in [0.4, 0.5) is 22.7 Å². The summed E-state index contributed by atoms with van der Waals surface area (Å²) < 4.78 is 11.3. The molecule has 0 saturated heterocycles. The van der Waals surface area contributed by atoms with E-state index in [1.165, 1.54) is 24.3 Å². The van der Waals surface area contributed by atoms with E-state index in [9.17, 15) is 20.2 Å². The third-order valence-corrected chi connectivity index (χ3v) is 3.73. The molecular formula is C14H10N4O6. The Kier molecular flexibility index (Phi) is 2.92. The highest BCUT2D eigenvalue weighted by Crippen LogP contribution is 2.40. The van der Waals surface area contributed by atoms with Crippen LogP contribution in [0.2, 0.25) is 0 Å². The van der Waals surface area contributed by atoms with Crippen molar-refractivity contribution < 1.29 is 19.3 Å². The van der Waals surface area contributed by atoms with Gasteiger partial charge in [0.1, 0.15) is 0 Å². The van der Waals surface area contributed by atoms with E-state index in [1.807, 2.05) is 0 Å². The van der Waals surface area contributed by atoms with Crippen molar-refractivity contribution >= 4 is 22.7 Å². The first-order chi connectivity index (χ1) is 11.5. The minimum absolute atomic E-state index is 0.0737. The SMILES string of the molecule is O=[N+]([O-])c1ccc2c(c1)OC(C1Nc3ccc([N+](=O)[O-])cc3O1)N2. The van der Waals surface area contributed by atoms with Gasteiger partial charge in [0.25, 0.3) is 11.4 Å². The Balaban J connectivity index is 1.53. The van der Waals surface area contributed by atoms with E-state index in [0.717, 1.165) is 0 Å². The summed E-state index contributed by atoms with van der Waals surface area (Å²) in [4.78, 5) is 20.6. The molecule has 0 amide bonds. The second-order valence-electron chi connectivity index (χ2n) is 5.24. The number of ether oxygens (including phenoxy) is 2. The molecule has 0 aromatic heterocycles. The van der Waals surface area contributed by atoms with Crippen LogP contribution < -0.4 is 20.1 Å². The summed E-state index contributed by atoms with van der Waals surface area (Å²) in [5, 5.41) is 27.7. The lowest BCUT2D eigenvalue weighted by molar-refractivity contribution is -0.385. The molecule has 10 nitrogen and oxygen atoms in total. The Morgan fingerprint density at radius 2 is 1.21 bits per heavy atom. The Hall–Kier alpha value is -3.56. The Morgan fingerprint density at radius 1 is 0.792 bits per heavy atom. The zero-order chi connectivity index (χ0) is 16.8. The Bertz CT molecular complexity index is 799. The molecule has 24 heavy (non-hydrogen) atoms. The minimum Gasteiger partial charge on any atom is -0.462 e. The molecule has 2 N–H and O–H groups in total. The number of nitro groups is 2. The van der Waals surface area contributed by atoms with Gasteiger partial charge in [-0.2, -0.15) is 0 Å². The highest BCUT2D eigenvalue weighted by Gasteiger charge is 2.36. The number of benzene rings is 2. The molecule has 0 radical (unpaired) electrons. The van der Waals surface area contributed by atoms with Gasteiger partial charge in [-0.15, -0.1) is 0 Å². The number of nitrogens with zero attached hydrogens (tertiary/aromatic N) is 2. The van der Waals surface area contributed by atoms with Crippen molar-refractivity contribution in [2.45, 2.75) is 12.5 Å². The molecule has 10 heteroatoms. The van der Waals surface area contributed by atoms with E-state index < -0.39 is 22.3 Å². The third kappa shape index (κ3) is 2.20. The molecule has 0 fully saturated rings. The van der Waals surface area contributed by atoms with Crippen molar-refractivity contribution in [3.63, 3.8) is 0 Å². The second-order valence-corrected chi connectivity index (χ2v) is 5.24. The fourth-order valence-electron chi connectivity index (χ4n) is 2.60. The normalized spacial score (nSPS) is 20.0. The number of fused-ring (bicyclic) bond motifs is 2. The lowest BCUT2D eigenvalue weighted by atomic mass is 10.2. The van der Waals surface area contributed by atoms with E-state index in [-0.39, 0.29) is 11.4 Å². The van der Waals surface area contributed by atoms with Crippen LogP contribution in [0.1, 0.15) is 0 Å².